The van der Waals surface area contributed by atoms with E-state index < -0.39 is 39.9 Å². The molecular weight excluding hydrogens is 863 g/mol. The molecule has 2 aromatic carbocycles. The molecule has 4 aromatic rings. The van der Waals surface area contributed by atoms with Crippen LogP contribution in [0.3, 0.4) is 0 Å². The van der Waals surface area contributed by atoms with Crippen LogP contribution in [0, 0.1) is 11.6 Å². The quantitative estimate of drug-likeness (QED) is 0.201. The van der Waals surface area contributed by atoms with Gasteiger partial charge in [-0.2, -0.15) is 27.0 Å². The van der Waals surface area contributed by atoms with Crippen LogP contribution >= 0.6 is 27.0 Å². The number of halogens is 2. The smallest absolute Gasteiger partial charge is 0.410 e. The average molecular weight is 923 g/mol. The van der Waals surface area contributed by atoms with Crippen molar-refractivity contribution in [2.75, 3.05) is 39.3 Å². The van der Waals surface area contributed by atoms with Crippen molar-refractivity contribution in [3.05, 3.63) is 80.4 Å². The molecule has 2 fully saturated rings. The van der Waals surface area contributed by atoms with Gasteiger partial charge < -0.3 is 44.6 Å². The number of carbonyl (C=O) groups is 4. The monoisotopic (exact) mass is 922 g/mol. The molecule has 3 amide bonds. The topological polar surface area (TPSA) is 220 Å². The summed E-state index contributed by atoms with van der Waals surface area (Å²) in [7, 11) is 0. The van der Waals surface area contributed by atoms with Gasteiger partial charge in [0.25, 0.3) is 11.1 Å². The van der Waals surface area contributed by atoms with Crippen LogP contribution in [0.15, 0.2) is 46.0 Å². The Balaban J connectivity index is 0.000000351. The van der Waals surface area contributed by atoms with Gasteiger partial charge in [-0.1, -0.05) is 0 Å². The molecule has 0 aliphatic carbocycles. The fourth-order valence-corrected chi connectivity index (χ4v) is 6.39. The van der Waals surface area contributed by atoms with E-state index in [4.69, 9.17) is 14.6 Å². The highest BCUT2D eigenvalue weighted by molar-refractivity contribution is 7.59. The lowest BCUT2D eigenvalue weighted by Crippen LogP contribution is -2.56. The van der Waals surface area contributed by atoms with Crippen LogP contribution < -0.4 is 16.4 Å². The second-order valence-corrected chi connectivity index (χ2v) is 16.9. The van der Waals surface area contributed by atoms with Gasteiger partial charge in [0.2, 0.25) is 5.91 Å². The molecule has 6 rings (SSSR count). The fourth-order valence-electron chi connectivity index (χ4n) is 6.39. The van der Waals surface area contributed by atoms with Crippen LogP contribution in [0.5, 0.6) is 0 Å². The van der Waals surface area contributed by atoms with E-state index in [9.17, 15) is 37.5 Å². The number of hydrogen-bond donors (Lipinski definition) is 4. The molecular formula is C42H60F2N8O9S2. The number of H-pyrrole nitrogens is 2. The molecule has 2 aliphatic heterocycles. The van der Waals surface area contributed by atoms with Gasteiger partial charge in [-0.15, -0.1) is 0 Å². The number of benzene rings is 2. The number of nitrogens with one attached hydrogen (secondary N) is 3. The van der Waals surface area contributed by atoms with E-state index in [1.165, 1.54) is 24.3 Å². The first kappa shape index (κ1) is 53.9. The first-order chi connectivity index (χ1) is 28.5. The largest absolute Gasteiger partial charge is 0.481 e. The molecule has 348 valence electrons. The Kier molecular flexibility index (Phi) is 20.0. The fraction of sp³-hybridized carbons (Fsp3) is 0.524. The van der Waals surface area contributed by atoms with E-state index in [-0.39, 0.29) is 93.4 Å². The van der Waals surface area contributed by atoms with Crippen LogP contribution in [-0.4, -0.2) is 126 Å². The van der Waals surface area contributed by atoms with Crippen molar-refractivity contribution in [3.8, 4) is 0 Å². The van der Waals surface area contributed by atoms with E-state index in [0.717, 1.165) is 31.8 Å². The van der Waals surface area contributed by atoms with Gasteiger partial charge >= 0.3 is 18.2 Å². The number of amides is 3. The predicted molar refractivity (Wildman–Crippen MR) is 244 cm³/mol. The molecule has 21 heteroatoms. The van der Waals surface area contributed by atoms with E-state index in [1.54, 1.807) is 14.7 Å². The molecule has 0 bridgehead atoms. The minimum atomic E-state index is -0.966. The molecule has 0 unspecified atom stereocenters. The van der Waals surface area contributed by atoms with Crippen molar-refractivity contribution in [2.45, 2.75) is 104 Å². The van der Waals surface area contributed by atoms with Gasteiger partial charge in [0.05, 0.1) is 28.2 Å². The average Bonchev–Trinajstić information content (AvgIpc) is 3.16. The summed E-state index contributed by atoms with van der Waals surface area (Å²) in [6, 6.07) is 7.74. The Morgan fingerprint density at radius 3 is 1.62 bits per heavy atom. The van der Waals surface area contributed by atoms with Crippen LogP contribution in [-0.2, 0) is 31.9 Å². The first-order valence-electron chi connectivity index (χ1n) is 20.1. The highest BCUT2D eigenvalue weighted by Crippen LogP contribution is 2.17. The van der Waals surface area contributed by atoms with Gasteiger partial charge in [-0.25, -0.2) is 28.3 Å². The highest BCUT2D eigenvalue weighted by atomic mass is 32.1. The Morgan fingerprint density at radius 2 is 1.19 bits per heavy atom. The van der Waals surface area contributed by atoms with E-state index >= 15 is 0 Å². The summed E-state index contributed by atoms with van der Waals surface area (Å²) >= 11 is 0. The Bertz CT molecular complexity index is 2340. The van der Waals surface area contributed by atoms with Crippen molar-refractivity contribution in [2.24, 2.45) is 0 Å². The molecule has 4 N–H and O–H groups in total. The third kappa shape index (κ3) is 17.1. The molecule has 2 atom stereocenters. The lowest BCUT2D eigenvalue weighted by atomic mass is 10.1. The number of piperazine rings is 2. The van der Waals surface area contributed by atoms with Gasteiger partial charge in [-0.05, 0) is 91.8 Å². The van der Waals surface area contributed by atoms with Crippen LogP contribution in [0.2, 0.25) is 0 Å². The summed E-state index contributed by atoms with van der Waals surface area (Å²) < 4.78 is 36.9. The maximum absolute atomic E-state index is 13.3. The molecule has 2 saturated heterocycles. The van der Waals surface area contributed by atoms with Crippen molar-refractivity contribution in [1.82, 2.24) is 40.0 Å². The molecule has 4 heterocycles. The van der Waals surface area contributed by atoms with Gasteiger partial charge in [0, 0.05) is 70.6 Å². The molecule has 2 aliphatic rings. The summed E-state index contributed by atoms with van der Waals surface area (Å²) in [5, 5.41) is 12.1. The summed E-state index contributed by atoms with van der Waals surface area (Å²) in [6.45, 7) is 18.6. The minimum Gasteiger partial charge on any atom is -0.481 e. The number of nitrogens with zero attached hydrogens (tertiary/aromatic N) is 5. The van der Waals surface area contributed by atoms with Crippen molar-refractivity contribution < 1.29 is 42.5 Å². The van der Waals surface area contributed by atoms with Gasteiger partial charge in [0.1, 0.15) is 34.5 Å². The lowest BCUT2D eigenvalue weighted by Gasteiger charge is -2.40. The first-order valence-corrected chi connectivity index (χ1v) is 20.1. The van der Waals surface area contributed by atoms with Crippen LogP contribution in [0.25, 0.3) is 21.8 Å². The number of ether oxygens (including phenoxy) is 2. The number of aryl methyl sites for hydroxylation is 2. The predicted octanol–water partition coefficient (Wildman–Crippen LogP) is 4.98. The van der Waals surface area contributed by atoms with E-state index in [1.807, 2.05) is 48.5 Å². The molecule has 0 saturated carbocycles. The highest BCUT2D eigenvalue weighted by Gasteiger charge is 2.32. The number of aromatic nitrogens is 4. The molecule has 63 heavy (non-hydrogen) atoms. The maximum atomic E-state index is 13.3. The summed E-state index contributed by atoms with van der Waals surface area (Å²) in [5.41, 5.74) is -1.11. The second-order valence-electron chi connectivity index (χ2n) is 16.9. The van der Waals surface area contributed by atoms with Crippen LogP contribution in [0.1, 0.15) is 79.9 Å². The Morgan fingerprint density at radius 1 is 0.730 bits per heavy atom. The zero-order valence-electron chi connectivity index (χ0n) is 36.9. The number of aliphatic carboxylic acids is 1. The maximum Gasteiger partial charge on any atom is 0.410 e. The van der Waals surface area contributed by atoms with Crippen molar-refractivity contribution >= 4 is 72.9 Å². The number of carbonyl (C=O) groups excluding carboxylic acids is 3. The normalized spacial score (nSPS) is 16.3. The molecule has 0 radical (unpaired) electrons. The third-order valence-electron chi connectivity index (χ3n) is 9.20. The van der Waals surface area contributed by atoms with Gasteiger partial charge in [-0.3, -0.25) is 19.2 Å². The summed E-state index contributed by atoms with van der Waals surface area (Å²) in [6.07, 6.45) is -0.123. The zero-order chi connectivity index (χ0) is 45.2. The Hall–Kier alpha value is -5.28. The SMILES string of the molecule is C[C@H]1CN(C(=O)OC(C)(C)C)CCN1.C[C@H]1CN(C(=O)OC(C)(C)C)CCN1C(=O)CCc1nc2ccc(F)cc2c(=O)[nH]1.O=C(O)CCc1nc2ccc(F)cc2c(=O)[nH]1.S.S. The molecule has 2 aromatic heterocycles. The zero-order valence-corrected chi connectivity index (χ0v) is 38.9. The minimum absolute atomic E-state index is 0. The molecule has 0 spiro atoms. The van der Waals surface area contributed by atoms with E-state index in [2.05, 4.69) is 32.2 Å². The standard InChI is InChI=1S/C21H27FN4O4.C11H9FN2O3.C10H20N2O2.2H2S/c1-13-12-25(20(29)30-21(2,3)4)9-10-26(13)18(27)8-7-17-23-16-6-5-14(22)11-15(16)19(28)24-17;12-6-1-2-8-7(5-6)11(17)14-9(13-8)3-4-10(15)16;1-8-7-12(6-5-11-8)9(13)14-10(2,3)4;;/h5-6,11,13H,7-10,12H2,1-4H3,(H,23,24,28);1-2,5H,3-4H2,(H,15,16)(H,13,14,17);8,11H,5-7H2,1-4H3;2*1H2/t13-;;8-;;/m0.0../s1. The number of carboxylic acids is 1. The van der Waals surface area contributed by atoms with Crippen LogP contribution in [0.4, 0.5) is 18.4 Å². The second kappa shape index (κ2) is 23.4. The van der Waals surface area contributed by atoms with Crippen molar-refractivity contribution in [1.29, 1.82) is 0 Å². The Labute approximate surface area is 378 Å². The number of hydrogen-bond acceptors (Lipinski definition) is 11. The third-order valence-corrected chi connectivity index (χ3v) is 9.20. The summed E-state index contributed by atoms with van der Waals surface area (Å²) in [5.74, 6) is -1.38. The number of aromatic amines is 2. The number of rotatable bonds is 6. The van der Waals surface area contributed by atoms with Crippen molar-refractivity contribution in [3.63, 3.8) is 0 Å². The summed E-state index contributed by atoms with van der Waals surface area (Å²) in [4.78, 5) is 89.2. The number of carboxylic acid groups (broad SMARTS) is 1. The lowest BCUT2D eigenvalue weighted by molar-refractivity contribution is -0.137. The molecule has 17 nitrogen and oxygen atoms in total. The van der Waals surface area contributed by atoms with Gasteiger partial charge in [0.15, 0.2) is 0 Å². The number of fused-ring (bicyclic) bond motifs is 2. The van der Waals surface area contributed by atoms with E-state index in [0.29, 0.717) is 42.5 Å².